The van der Waals surface area contributed by atoms with Gasteiger partial charge in [0.25, 0.3) is 0 Å². The van der Waals surface area contributed by atoms with E-state index in [1.165, 1.54) is 0 Å². The number of benzene rings is 1. The lowest BCUT2D eigenvalue weighted by atomic mass is 10.1. The van der Waals surface area contributed by atoms with Crippen molar-refractivity contribution < 1.29 is 23.4 Å². The van der Waals surface area contributed by atoms with Crippen molar-refractivity contribution in [2.75, 3.05) is 12.5 Å². The Hall–Kier alpha value is -1.20. The Balaban J connectivity index is 3.05. The average molecular weight is 251 g/mol. The third kappa shape index (κ3) is 2.90. The number of alkyl halides is 1. The first-order chi connectivity index (χ1) is 7.57. The van der Waals surface area contributed by atoms with Crippen LogP contribution >= 0.6 is 11.6 Å². The van der Waals surface area contributed by atoms with Crippen LogP contribution in [0.4, 0.5) is 8.78 Å². The minimum atomic E-state index is -1.68. The van der Waals surface area contributed by atoms with Crippen LogP contribution in [0.5, 0.6) is 0 Å². The fourth-order valence-corrected chi connectivity index (χ4v) is 1.29. The summed E-state index contributed by atoms with van der Waals surface area (Å²) in [5, 5.41) is 8.80. The van der Waals surface area contributed by atoms with Gasteiger partial charge in [0.1, 0.15) is 11.6 Å². The normalized spacial score (nSPS) is 12.4. The molecule has 0 aliphatic heterocycles. The van der Waals surface area contributed by atoms with Gasteiger partial charge in [-0.25, -0.2) is 13.6 Å². The van der Waals surface area contributed by atoms with Gasteiger partial charge >= 0.3 is 5.97 Å². The third-order valence-corrected chi connectivity index (χ3v) is 2.00. The largest absolute Gasteiger partial charge is 0.479 e. The standard InChI is InChI=1S/C10H9ClF2O3/c11-4-5-16-9(10(14)15)8-6(12)2-1-3-7(8)13/h1-3,9H,4-5H2,(H,14,15). The number of carboxylic acid groups (broad SMARTS) is 1. The van der Waals surface area contributed by atoms with Crippen LogP contribution in [0.25, 0.3) is 0 Å². The van der Waals surface area contributed by atoms with E-state index < -0.39 is 29.3 Å². The predicted octanol–water partition coefficient (Wildman–Crippen LogP) is 2.35. The Morgan fingerprint density at radius 2 is 2.00 bits per heavy atom. The van der Waals surface area contributed by atoms with E-state index >= 15 is 0 Å². The summed E-state index contributed by atoms with van der Waals surface area (Å²) >= 11 is 5.31. The first kappa shape index (κ1) is 12.9. The van der Waals surface area contributed by atoms with E-state index in [0.717, 1.165) is 18.2 Å². The summed E-state index contributed by atoms with van der Waals surface area (Å²) in [7, 11) is 0. The summed E-state index contributed by atoms with van der Waals surface area (Å²) in [4.78, 5) is 10.8. The van der Waals surface area contributed by atoms with Crippen molar-refractivity contribution in [2.24, 2.45) is 0 Å². The number of rotatable bonds is 5. The maximum Gasteiger partial charge on any atom is 0.337 e. The van der Waals surface area contributed by atoms with Gasteiger partial charge in [-0.1, -0.05) is 6.07 Å². The molecular weight excluding hydrogens is 242 g/mol. The first-order valence-electron chi connectivity index (χ1n) is 4.42. The average Bonchev–Trinajstić information content (AvgIpc) is 2.21. The Morgan fingerprint density at radius 1 is 1.44 bits per heavy atom. The highest BCUT2D eigenvalue weighted by atomic mass is 35.5. The molecule has 0 bridgehead atoms. The van der Waals surface area contributed by atoms with Crippen molar-refractivity contribution in [3.63, 3.8) is 0 Å². The lowest BCUT2D eigenvalue weighted by Gasteiger charge is -2.14. The molecule has 16 heavy (non-hydrogen) atoms. The SMILES string of the molecule is O=C(O)C(OCCCl)c1c(F)cccc1F. The fraction of sp³-hybridized carbons (Fsp3) is 0.300. The Labute approximate surface area is 95.6 Å². The molecule has 1 aromatic carbocycles. The number of halogens is 3. The van der Waals surface area contributed by atoms with E-state index in [9.17, 15) is 13.6 Å². The molecule has 0 amide bonds. The van der Waals surface area contributed by atoms with Crippen LogP contribution in [0.3, 0.4) is 0 Å². The van der Waals surface area contributed by atoms with Crippen LogP contribution in [0.15, 0.2) is 18.2 Å². The van der Waals surface area contributed by atoms with Gasteiger partial charge in [-0.15, -0.1) is 11.6 Å². The second kappa shape index (κ2) is 5.77. The van der Waals surface area contributed by atoms with Crippen LogP contribution in [0, 0.1) is 11.6 Å². The van der Waals surface area contributed by atoms with Crippen LogP contribution in [-0.2, 0) is 9.53 Å². The molecule has 1 unspecified atom stereocenters. The first-order valence-corrected chi connectivity index (χ1v) is 4.95. The number of carboxylic acids is 1. The molecular formula is C10H9ClF2O3. The van der Waals surface area contributed by atoms with Gasteiger partial charge in [-0.2, -0.15) is 0 Å². The van der Waals surface area contributed by atoms with E-state index in [1.807, 2.05) is 0 Å². The summed E-state index contributed by atoms with van der Waals surface area (Å²) in [6, 6.07) is 3.09. The number of aliphatic carboxylic acids is 1. The quantitative estimate of drug-likeness (QED) is 0.816. The Morgan fingerprint density at radius 3 is 2.44 bits per heavy atom. The smallest absolute Gasteiger partial charge is 0.337 e. The number of hydrogen-bond acceptors (Lipinski definition) is 2. The fourth-order valence-electron chi connectivity index (χ4n) is 1.20. The molecule has 1 aromatic rings. The molecule has 1 N–H and O–H groups in total. The zero-order valence-electron chi connectivity index (χ0n) is 8.12. The van der Waals surface area contributed by atoms with E-state index in [2.05, 4.69) is 0 Å². The zero-order valence-corrected chi connectivity index (χ0v) is 8.88. The Kier molecular flexibility index (Phi) is 4.64. The minimum Gasteiger partial charge on any atom is -0.479 e. The number of hydrogen-bond donors (Lipinski definition) is 1. The van der Waals surface area contributed by atoms with Crippen molar-refractivity contribution in [3.05, 3.63) is 35.4 Å². The second-order valence-electron chi connectivity index (χ2n) is 2.91. The van der Waals surface area contributed by atoms with Crippen LogP contribution in [0.2, 0.25) is 0 Å². The van der Waals surface area contributed by atoms with Gasteiger partial charge in [0, 0.05) is 5.88 Å². The van der Waals surface area contributed by atoms with Crippen LogP contribution in [-0.4, -0.2) is 23.6 Å². The van der Waals surface area contributed by atoms with Crippen LogP contribution in [0.1, 0.15) is 11.7 Å². The molecule has 0 fully saturated rings. The van der Waals surface area contributed by atoms with Gasteiger partial charge in [-0.05, 0) is 12.1 Å². The highest BCUT2D eigenvalue weighted by molar-refractivity contribution is 6.17. The highest BCUT2D eigenvalue weighted by Gasteiger charge is 2.27. The summed E-state index contributed by atoms with van der Waals surface area (Å²) in [5.41, 5.74) is -0.611. The Bertz CT molecular complexity index is 364. The predicted molar refractivity (Wildman–Crippen MR) is 53.4 cm³/mol. The topological polar surface area (TPSA) is 46.5 Å². The van der Waals surface area contributed by atoms with Crippen molar-refractivity contribution in [1.29, 1.82) is 0 Å². The summed E-state index contributed by atoms with van der Waals surface area (Å²) in [5.74, 6) is -3.34. The molecule has 0 radical (unpaired) electrons. The zero-order chi connectivity index (χ0) is 12.1. The third-order valence-electron chi connectivity index (χ3n) is 1.85. The molecule has 6 heteroatoms. The maximum atomic E-state index is 13.3. The monoisotopic (exact) mass is 250 g/mol. The van der Waals surface area contributed by atoms with Crippen molar-refractivity contribution in [3.8, 4) is 0 Å². The molecule has 1 atom stereocenters. The van der Waals surface area contributed by atoms with Gasteiger partial charge < -0.3 is 9.84 Å². The summed E-state index contributed by atoms with van der Waals surface area (Å²) in [6.45, 7) is -0.105. The number of ether oxygens (including phenoxy) is 1. The minimum absolute atomic E-state index is 0.0415. The van der Waals surface area contributed by atoms with Gasteiger partial charge in [0.2, 0.25) is 0 Å². The molecule has 0 aliphatic carbocycles. The molecule has 0 spiro atoms. The lowest BCUT2D eigenvalue weighted by molar-refractivity contribution is -0.150. The highest BCUT2D eigenvalue weighted by Crippen LogP contribution is 2.24. The molecule has 0 heterocycles. The molecule has 88 valence electrons. The van der Waals surface area contributed by atoms with Crippen LogP contribution < -0.4 is 0 Å². The molecule has 0 aliphatic rings. The van der Waals surface area contributed by atoms with E-state index in [4.69, 9.17) is 21.4 Å². The summed E-state index contributed by atoms with van der Waals surface area (Å²) < 4.78 is 31.3. The van der Waals surface area contributed by atoms with E-state index in [0.29, 0.717) is 0 Å². The van der Waals surface area contributed by atoms with Crippen molar-refractivity contribution >= 4 is 17.6 Å². The maximum absolute atomic E-state index is 13.3. The van der Waals surface area contributed by atoms with E-state index in [1.54, 1.807) is 0 Å². The van der Waals surface area contributed by atoms with Gasteiger partial charge in [0.15, 0.2) is 6.10 Å². The second-order valence-corrected chi connectivity index (χ2v) is 3.29. The number of carbonyl (C=O) groups is 1. The summed E-state index contributed by atoms with van der Waals surface area (Å²) in [6.07, 6.45) is -1.68. The lowest BCUT2D eigenvalue weighted by Crippen LogP contribution is -2.19. The molecule has 3 nitrogen and oxygen atoms in total. The van der Waals surface area contributed by atoms with Gasteiger partial charge in [0.05, 0.1) is 12.2 Å². The van der Waals surface area contributed by atoms with E-state index in [-0.39, 0.29) is 12.5 Å². The van der Waals surface area contributed by atoms with Crippen molar-refractivity contribution in [1.82, 2.24) is 0 Å². The van der Waals surface area contributed by atoms with Crippen molar-refractivity contribution in [2.45, 2.75) is 6.10 Å². The molecule has 0 saturated carbocycles. The molecule has 1 rings (SSSR count). The molecule has 0 aromatic heterocycles. The molecule has 0 saturated heterocycles. The van der Waals surface area contributed by atoms with Gasteiger partial charge in [-0.3, -0.25) is 0 Å².